The number of piperazine rings is 1. The van der Waals surface area contributed by atoms with Crippen molar-refractivity contribution in [2.24, 2.45) is 5.92 Å². The van der Waals surface area contributed by atoms with Gasteiger partial charge in [0.05, 0.1) is 16.7 Å². The summed E-state index contributed by atoms with van der Waals surface area (Å²) >= 11 is 6.04. The highest BCUT2D eigenvalue weighted by atomic mass is 35.5. The van der Waals surface area contributed by atoms with Crippen LogP contribution in [0.4, 0.5) is 0 Å². The summed E-state index contributed by atoms with van der Waals surface area (Å²) in [5.41, 5.74) is 0.282. The fourth-order valence-electron chi connectivity index (χ4n) is 2.77. The summed E-state index contributed by atoms with van der Waals surface area (Å²) in [4.78, 5) is 14.1. The normalized spacial score (nSPS) is 19.6. The molecular formula is C16H20ClN3O3S. The maximum atomic E-state index is 12.9. The second-order valence-electron chi connectivity index (χ2n) is 6.23. The van der Waals surface area contributed by atoms with E-state index in [-0.39, 0.29) is 27.9 Å². The van der Waals surface area contributed by atoms with Crippen LogP contribution in [0.5, 0.6) is 0 Å². The lowest BCUT2D eigenvalue weighted by Gasteiger charge is -2.39. The van der Waals surface area contributed by atoms with Crippen LogP contribution in [0.25, 0.3) is 0 Å². The van der Waals surface area contributed by atoms with E-state index >= 15 is 0 Å². The zero-order chi connectivity index (χ0) is 18.1. The number of hydrogen-bond donors (Lipinski definition) is 0. The van der Waals surface area contributed by atoms with E-state index in [9.17, 15) is 13.2 Å². The van der Waals surface area contributed by atoms with Crippen LogP contribution in [0.2, 0.25) is 5.02 Å². The fourth-order valence-corrected chi connectivity index (χ4v) is 4.87. The fraction of sp³-hybridized carbons (Fsp3) is 0.500. The van der Waals surface area contributed by atoms with E-state index in [2.05, 4.69) is 0 Å². The molecule has 1 amide bonds. The number of carbonyl (C=O) groups is 1. The van der Waals surface area contributed by atoms with Crippen molar-refractivity contribution in [3.8, 4) is 6.07 Å². The molecule has 1 atom stereocenters. The Morgan fingerprint density at radius 2 is 2.04 bits per heavy atom. The van der Waals surface area contributed by atoms with Gasteiger partial charge in [-0.25, -0.2) is 8.42 Å². The molecule has 0 radical (unpaired) electrons. The summed E-state index contributed by atoms with van der Waals surface area (Å²) < 4.78 is 26.9. The number of benzene rings is 1. The SMILES string of the molecule is CC(C)CN1CCN(S(=O)(=O)c2ccc(C#N)cc2Cl)C(C)C1=O. The second kappa shape index (κ2) is 7.09. The second-order valence-corrected chi connectivity index (χ2v) is 8.49. The Kier molecular flexibility index (Phi) is 5.53. The molecule has 1 aromatic rings. The van der Waals surface area contributed by atoms with Crippen LogP contribution >= 0.6 is 11.6 Å². The molecule has 2 rings (SSSR count). The quantitative estimate of drug-likeness (QED) is 0.813. The molecule has 0 N–H and O–H groups in total. The number of nitrogens with zero attached hydrogens (tertiary/aromatic N) is 3. The molecule has 8 heteroatoms. The average Bonchev–Trinajstić information content (AvgIpc) is 2.50. The number of hydrogen-bond acceptors (Lipinski definition) is 4. The van der Waals surface area contributed by atoms with Crippen molar-refractivity contribution in [2.45, 2.75) is 31.7 Å². The molecule has 1 saturated heterocycles. The number of halogens is 1. The third-order valence-corrected chi connectivity index (χ3v) is 6.38. The Bertz CT molecular complexity index is 786. The number of nitriles is 1. The first kappa shape index (κ1) is 18.7. The Labute approximate surface area is 147 Å². The minimum atomic E-state index is -3.91. The van der Waals surface area contributed by atoms with Crippen molar-refractivity contribution in [3.63, 3.8) is 0 Å². The highest BCUT2D eigenvalue weighted by molar-refractivity contribution is 7.89. The summed E-state index contributed by atoms with van der Waals surface area (Å²) in [7, 11) is -3.91. The smallest absolute Gasteiger partial charge is 0.245 e. The summed E-state index contributed by atoms with van der Waals surface area (Å²) in [6.07, 6.45) is 0. The number of carbonyl (C=O) groups excluding carboxylic acids is 1. The van der Waals surface area contributed by atoms with Gasteiger partial charge in [0, 0.05) is 19.6 Å². The standard InChI is InChI=1S/C16H20ClN3O3S/c1-11(2)10-19-6-7-20(12(3)16(19)21)24(22,23)15-5-4-13(9-18)8-14(15)17/h4-5,8,11-12H,6-7,10H2,1-3H3. The molecule has 1 unspecified atom stereocenters. The van der Waals surface area contributed by atoms with Crippen molar-refractivity contribution in [1.82, 2.24) is 9.21 Å². The lowest BCUT2D eigenvalue weighted by atomic mass is 10.1. The predicted molar refractivity (Wildman–Crippen MR) is 90.9 cm³/mol. The van der Waals surface area contributed by atoms with Crippen LogP contribution in [0.1, 0.15) is 26.3 Å². The van der Waals surface area contributed by atoms with Gasteiger partial charge in [-0.15, -0.1) is 0 Å². The van der Waals surface area contributed by atoms with E-state index in [4.69, 9.17) is 16.9 Å². The van der Waals surface area contributed by atoms with Crippen molar-refractivity contribution in [2.75, 3.05) is 19.6 Å². The minimum Gasteiger partial charge on any atom is -0.340 e. The van der Waals surface area contributed by atoms with Crippen LogP contribution in [0.3, 0.4) is 0 Å². The van der Waals surface area contributed by atoms with E-state index in [1.807, 2.05) is 19.9 Å². The van der Waals surface area contributed by atoms with Gasteiger partial charge in [0.1, 0.15) is 10.9 Å². The van der Waals surface area contributed by atoms with Crippen LogP contribution in [-0.4, -0.2) is 49.2 Å². The summed E-state index contributed by atoms with van der Waals surface area (Å²) in [5, 5.41) is 8.85. The van der Waals surface area contributed by atoms with E-state index in [0.29, 0.717) is 19.0 Å². The van der Waals surface area contributed by atoms with Crippen LogP contribution in [0.15, 0.2) is 23.1 Å². The van der Waals surface area contributed by atoms with Crippen molar-refractivity contribution in [1.29, 1.82) is 5.26 Å². The van der Waals surface area contributed by atoms with Crippen molar-refractivity contribution >= 4 is 27.5 Å². The Morgan fingerprint density at radius 1 is 1.38 bits per heavy atom. The largest absolute Gasteiger partial charge is 0.340 e. The lowest BCUT2D eigenvalue weighted by Crippen LogP contribution is -2.57. The summed E-state index contributed by atoms with van der Waals surface area (Å²) in [6.45, 7) is 6.79. The van der Waals surface area contributed by atoms with Gasteiger partial charge < -0.3 is 4.90 Å². The zero-order valence-corrected chi connectivity index (χ0v) is 15.4. The van der Waals surface area contributed by atoms with Gasteiger partial charge in [-0.05, 0) is 31.0 Å². The van der Waals surface area contributed by atoms with Gasteiger partial charge in [-0.2, -0.15) is 9.57 Å². The maximum absolute atomic E-state index is 12.9. The minimum absolute atomic E-state index is 0.0155. The molecule has 0 aromatic heterocycles. The molecule has 6 nitrogen and oxygen atoms in total. The first-order valence-corrected chi connectivity index (χ1v) is 9.50. The van der Waals surface area contributed by atoms with Crippen molar-refractivity contribution < 1.29 is 13.2 Å². The van der Waals surface area contributed by atoms with Gasteiger partial charge in [-0.1, -0.05) is 25.4 Å². The highest BCUT2D eigenvalue weighted by Crippen LogP contribution is 2.28. The molecule has 1 fully saturated rings. The zero-order valence-electron chi connectivity index (χ0n) is 13.9. The van der Waals surface area contributed by atoms with Crippen LogP contribution < -0.4 is 0 Å². The van der Waals surface area contributed by atoms with Crippen LogP contribution in [0, 0.1) is 17.2 Å². The highest BCUT2D eigenvalue weighted by Gasteiger charge is 2.39. The number of rotatable bonds is 4. The van der Waals surface area contributed by atoms with Crippen molar-refractivity contribution in [3.05, 3.63) is 28.8 Å². The molecule has 0 aliphatic carbocycles. The first-order chi connectivity index (χ1) is 11.2. The molecule has 1 aliphatic heterocycles. The average molecular weight is 370 g/mol. The maximum Gasteiger partial charge on any atom is 0.245 e. The summed E-state index contributed by atoms with van der Waals surface area (Å²) in [6, 6.07) is 5.16. The van der Waals surface area contributed by atoms with Gasteiger partial charge in [-0.3, -0.25) is 4.79 Å². The lowest BCUT2D eigenvalue weighted by molar-refractivity contribution is -0.138. The molecule has 24 heavy (non-hydrogen) atoms. The molecule has 0 spiro atoms. The summed E-state index contributed by atoms with van der Waals surface area (Å²) in [5.74, 6) is 0.112. The van der Waals surface area contributed by atoms with E-state index < -0.39 is 16.1 Å². The van der Waals surface area contributed by atoms with E-state index in [1.165, 1.54) is 22.5 Å². The van der Waals surface area contributed by atoms with E-state index in [1.54, 1.807) is 11.8 Å². The van der Waals surface area contributed by atoms with Crippen LogP contribution in [-0.2, 0) is 14.8 Å². The van der Waals surface area contributed by atoms with Gasteiger partial charge in [0.15, 0.2) is 0 Å². The molecule has 1 aliphatic rings. The monoisotopic (exact) mass is 369 g/mol. The van der Waals surface area contributed by atoms with E-state index in [0.717, 1.165) is 0 Å². The van der Waals surface area contributed by atoms with Gasteiger partial charge in [0.2, 0.25) is 15.9 Å². The Morgan fingerprint density at radius 3 is 2.58 bits per heavy atom. The number of amides is 1. The number of sulfonamides is 1. The molecule has 1 heterocycles. The Balaban J connectivity index is 2.31. The Hall–Kier alpha value is -1.62. The first-order valence-electron chi connectivity index (χ1n) is 7.68. The third-order valence-electron chi connectivity index (χ3n) is 3.92. The predicted octanol–water partition coefficient (Wildman–Crippen LogP) is 2.09. The molecule has 130 valence electrons. The topological polar surface area (TPSA) is 81.5 Å². The third kappa shape index (κ3) is 3.56. The molecule has 1 aromatic carbocycles. The molecule has 0 saturated carbocycles. The molecule has 0 bridgehead atoms. The molecular weight excluding hydrogens is 350 g/mol. The van der Waals surface area contributed by atoms with Gasteiger partial charge in [0.25, 0.3) is 0 Å². The van der Waals surface area contributed by atoms with Gasteiger partial charge >= 0.3 is 0 Å².